The van der Waals surface area contributed by atoms with Crippen LogP contribution >= 0.6 is 0 Å². The highest BCUT2D eigenvalue weighted by molar-refractivity contribution is 5.54. The molecule has 0 saturated carbocycles. The van der Waals surface area contributed by atoms with Crippen molar-refractivity contribution in [3.8, 4) is 0 Å². The molecule has 2 unspecified atom stereocenters. The van der Waals surface area contributed by atoms with Crippen LogP contribution in [0.2, 0.25) is 0 Å². The third kappa shape index (κ3) is 1.52. The fraction of sp³-hybridized carbons (Fsp3) is 0.857. The van der Waals surface area contributed by atoms with Crippen LogP contribution in [0.4, 0.5) is 0 Å². The van der Waals surface area contributed by atoms with Gasteiger partial charge < -0.3 is 9.53 Å². The van der Waals surface area contributed by atoms with Crippen molar-refractivity contribution in [1.29, 1.82) is 0 Å². The van der Waals surface area contributed by atoms with Gasteiger partial charge in [-0.05, 0) is 12.3 Å². The summed E-state index contributed by atoms with van der Waals surface area (Å²) in [5.74, 6) is 0.676. The van der Waals surface area contributed by atoms with Gasteiger partial charge in [-0.3, -0.25) is 0 Å². The zero-order valence-electron chi connectivity index (χ0n) is 5.67. The molecule has 1 saturated heterocycles. The summed E-state index contributed by atoms with van der Waals surface area (Å²) in [5.41, 5.74) is 0. The first-order chi connectivity index (χ1) is 4.34. The van der Waals surface area contributed by atoms with Crippen molar-refractivity contribution < 1.29 is 9.53 Å². The lowest BCUT2D eigenvalue weighted by Crippen LogP contribution is -2.25. The number of carbonyl (C=O) groups excluding carboxylic acids is 1. The Bertz CT molecular complexity index is 101. The largest absolute Gasteiger partial charge is 0.381 e. The zero-order valence-corrected chi connectivity index (χ0v) is 5.67. The van der Waals surface area contributed by atoms with E-state index in [1.165, 1.54) is 0 Å². The van der Waals surface area contributed by atoms with Crippen molar-refractivity contribution in [2.75, 3.05) is 13.2 Å². The molecule has 0 aromatic heterocycles. The van der Waals surface area contributed by atoms with Gasteiger partial charge in [0.1, 0.15) is 6.29 Å². The van der Waals surface area contributed by atoms with Crippen LogP contribution in [0.1, 0.15) is 13.3 Å². The molecule has 0 aromatic rings. The van der Waals surface area contributed by atoms with Crippen LogP contribution < -0.4 is 0 Å². The van der Waals surface area contributed by atoms with E-state index in [-0.39, 0.29) is 5.92 Å². The van der Waals surface area contributed by atoms with Gasteiger partial charge in [0.25, 0.3) is 0 Å². The van der Waals surface area contributed by atoms with Crippen LogP contribution in [0, 0.1) is 11.8 Å². The monoisotopic (exact) mass is 128 g/mol. The maximum absolute atomic E-state index is 10.3. The molecular weight excluding hydrogens is 116 g/mol. The Morgan fingerprint density at radius 1 is 1.67 bits per heavy atom. The maximum Gasteiger partial charge on any atom is 0.123 e. The van der Waals surface area contributed by atoms with Crippen LogP contribution in [0.3, 0.4) is 0 Å². The SMILES string of the molecule is CC1COCCC1C=O. The number of aldehydes is 1. The Labute approximate surface area is 55.2 Å². The van der Waals surface area contributed by atoms with Gasteiger partial charge in [0, 0.05) is 19.1 Å². The third-order valence-corrected chi connectivity index (χ3v) is 1.88. The third-order valence-electron chi connectivity index (χ3n) is 1.88. The van der Waals surface area contributed by atoms with E-state index < -0.39 is 0 Å². The van der Waals surface area contributed by atoms with E-state index >= 15 is 0 Å². The first-order valence-electron chi connectivity index (χ1n) is 3.37. The quantitative estimate of drug-likeness (QED) is 0.489. The molecule has 2 nitrogen and oxygen atoms in total. The van der Waals surface area contributed by atoms with Crippen molar-refractivity contribution in [1.82, 2.24) is 0 Å². The van der Waals surface area contributed by atoms with E-state index in [1.807, 2.05) is 0 Å². The number of rotatable bonds is 1. The summed E-state index contributed by atoms with van der Waals surface area (Å²) in [6.45, 7) is 3.56. The standard InChI is InChI=1S/C7H12O2/c1-6-5-9-3-2-7(6)4-8/h4,6-7H,2-3,5H2,1H3. The normalized spacial score (nSPS) is 36.1. The molecule has 0 aliphatic carbocycles. The van der Waals surface area contributed by atoms with Crippen LogP contribution in [0.15, 0.2) is 0 Å². The fourth-order valence-electron chi connectivity index (χ4n) is 1.10. The Morgan fingerprint density at radius 3 is 2.89 bits per heavy atom. The first-order valence-corrected chi connectivity index (χ1v) is 3.37. The maximum atomic E-state index is 10.3. The molecular formula is C7H12O2. The molecule has 0 amide bonds. The van der Waals surface area contributed by atoms with Gasteiger partial charge in [0.15, 0.2) is 0 Å². The Kier molecular flexibility index (Phi) is 2.22. The van der Waals surface area contributed by atoms with Crippen LogP contribution in [0.25, 0.3) is 0 Å². The number of hydrogen-bond donors (Lipinski definition) is 0. The molecule has 0 N–H and O–H groups in total. The van der Waals surface area contributed by atoms with Crippen LogP contribution in [-0.2, 0) is 9.53 Å². The lowest BCUT2D eigenvalue weighted by molar-refractivity contribution is -0.116. The van der Waals surface area contributed by atoms with Gasteiger partial charge >= 0.3 is 0 Å². The number of ether oxygens (including phenoxy) is 1. The molecule has 9 heavy (non-hydrogen) atoms. The lowest BCUT2D eigenvalue weighted by atomic mass is 9.92. The number of carbonyl (C=O) groups is 1. The molecule has 2 atom stereocenters. The minimum absolute atomic E-state index is 0.249. The molecule has 1 rings (SSSR count). The molecule has 2 heteroatoms. The molecule has 1 aliphatic heterocycles. The lowest BCUT2D eigenvalue weighted by Gasteiger charge is -2.23. The van der Waals surface area contributed by atoms with E-state index in [4.69, 9.17) is 4.74 Å². The molecule has 0 aromatic carbocycles. The molecule has 1 heterocycles. The fourth-order valence-corrected chi connectivity index (χ4v) is 1.10. The minimum atomic E-state index is 0.249. The van der Waals surface area contributed by atoms with Crippen molar-refractivity contribution in [3.63, 3.8) is 0 Å². The van der Waals surface area contributed by atoms with Gasteiger partial charge in [0.05, 0.1) is 0 Å². The summed E-state index contributed by atoms with van der Waals surface area (Å²) >= 11 is 0. The van der Waals surface area contributed by atoms with Crippen molar-refractivity contribution in [2.45, 2.75) is 13.3 Å². The van der Waals surface area contributed by atoms with E-state index in [1.54, 1.807) is 0 Å². The van der Waals surface area contributed by atoms with Gasteiger partial charge in [-0.25, -0.2) is 0 Å². The Balaban J connectivity index is 2.38. The smallest absolute Gasteiger partial charge is 0.123 e. The van der Waals surface area contributed by atoms with Crippen LogP contribution in [-0.4, -0.2) is 19.5 Å². The van der Waals surface area contributed by atoms with Crippen molar-refractivity contribution in [3.05, 3.63) is 0 Å². The van der Waals surface area contributed by atoms with Gasteiger partial charge in [0.2, 0.25) is 0 Å². The highest BCUT2D eigenvalue weighted by Crippen LogP contribution is 2.18. The number of hydrogen-bond acceptors (Lipinski definition) is 2. The highest BCUT2D eigenvalue weighted by Gasteiger charge is 2.20. The minimum Gasteiger partial charge on any atom is -0.381 e. The van der Waals surface area contributed by atoms with Gasteiger partial charge in [-0.2, -0.15) is 0 Å². The molecule has 52 valence electrons. The molecule has 1 aliphatic rings. The average Bonchev–Trinajstić information content (AvgIpc) is 1.89. The highest BCUT2D eigenvalue weighted by atomic mass is 16.5. The predicted octanol–water partition coefficient (Wildman–Crippen LogP) is 0.858. The van der Waals surface area contributed by atoms with E-state index in [0.717, 1.165) is 25.9 Å². The Hall–Kier alpha value is -0.370. The summed E-state index contributed by atoms with van der Waals surface area (Å²) in [7, 11) is 0. The average molecular weight is 128 g/mol. The first kappa shape index (κ1) is 6.75. The molecule has 1 fully saturated rings. The summed E-state index contributed by atoms with van der Waals surface area (Å²) in [5, 5.41) is 0. The second-order valence-corrected chi connectivity index (χ2v) is 2.64. The van der Waals surface area contributed by atoms with E-state index in [2.05, 4.69) is 6.92 Å². The van der Waals surface area contributed by atoms with E-state index in [9.17, 15) is 4.79 Å². The summed E-state index contributed by atoms with van der Waals surface area (Å²) < 4.78 is 5.15. The topological polar surface area (TPSA) is 26.3 Å². The predicted molar refractivity (Wildman–Crippen MR) is 34.2 cm³/mol. The van der Waals surface area contributed by atoms with Crippen LogP contribution in [0.5, 0.6) is 0 Å². The second kappa shape index (κ2) is 2.97. The molecule has 0 radical (unpaired) electrons. The molecule has 0 spiro atoms. The van der Waals surface area contributed by atoms with Crippen molar-refractivity contribution >= 4 is 6.29 Å². The Morgan fingerprint density at radius 2 is 2.44 bits per heavy atom. The molecule has 0 bridgehead atoms. The van der Waals surface area contributed by atoms with Gasteiger partial charge in [-0.1, -0.05) is 6.92 Å². The van der Waals surface area contributed by atoms with Gasteiger partial charge in [-0.15, -0.1) is 0 Å². The van der Waals surface area contributed by atoms with E-state index in [0.29, 0.717) is 5.92 Å². The second-order valence-electron chi connectivity index (χ2n) is 2.64. The summed E-state index contributed by atoms with van der Waals surface area (Å²) in [6, 6.07) is 0. The summed E-state index contributed by atoms with van der Waals surface area (Å²) in [4.78, 5) is 10.3. The zero-order chi connectivity index (χ0) is 6.69. The summed E-state index contributed by atoms with van der Waals surface area (Å²) in [6.07, 6.45) is 1.96. The van der Waals surface area contributed by atoms with Crippen molar-refractivity contribution in [2.24, 2.45) is 11.8 Å².